The number of aliphatic carboxylic acids is 1. The van der Waals surface area contributed by atoms with Crippen LogP contribution in [0.15, 0.2) is 60.8 Å². The number of aliphatic hydroxyl groups is 3. The number of aliphatic hydroxyl groups excluding tert-OH is 3. The summed E-state index contributed by atoms with van der Waals surface area (Å²) < 4.78 is 21.8. The number of rotatable bonds is 41. The molecule has 0 saturated carbocycles. The normalized spacial score (nSPS) is 19.9. The molecule has 1 rings (SSSR count). The minimum absolute atomic E-state index is 0.173. The zero-order valence-corrected chi connectivity index (χ0v) is 39.3. The molecule has 0 aromatic heterocycles. The Labute approximate surface area is 381 Å². The van der Waals surface area contributed by atoms with E-state index in [1.165, 1.54) is 64.2 Å². The van der Waals surface area contributed by atoms with Crippen molar-refractivity contribution in [2.75, 3.05) is 13.2 Å². The molecule has 362 valence electrons. The lowest BCUT2D eigenvalue weighted by Gasteiger charge is -2.38. The van der Waals surface area contributed by atoms with Crippen molar-refractivity contribution in [3.63, 3.8) is 0 Å². The van der Waals surface area contributed by atoms with Crippen molar-refractivity contribution in [1.29, 1.82) is 0 Å². The molecule has 1 saturated heterocycles. The second-order valence-electron chi connectivity index (χ2n) is 16.9. The Kier molecular flexibility index (Phi) is 38.3. The van der Waals surface area contributed by atoms with Gasteiger partial charge in [0.25, 0.3) is 0 Å². The highest BCUT2D eigenvalue weighted by Gasteiger charge is 2.47. The Morgan fingerprint density at radius 3 is 1.43 bits per heavy atom. The van der Waals surface area contributed by atoms with Gasteiger partial charge in [0.2, 0.25) is 0 Å². The molecule has 1 aliphatic heterocycles. The smallest absolute Gasteiger partial charge is 0.335 e. The van der Waals surface area contributed by atoms with Gasteiger partial charge in [-0.3, -0.25) is 9.59 Å². The fourth-order valence-corrected chi connectivity index (χ4v) is 7.22. The lowest BCUT2D eigenvalue weighted by molar-refractivity contribution is -0.298. The van der Waals surface area contributed by atoms with Gasteiger partial charge in [0, 0.05) is 12.8 Å². The topological polar surface area (TPSA) is 169 Å². The van der Waals surface area contributed by atoms with Crippen LogP contribution < -0.4 is 0 Å². The standard InChI is InChI=1S/C52H88O11/c1-3-5-7-9-11-13-15-17-19-21-23-25-26-28-30-32-34-36-38-40-45(53)60-42-44(43-61-52-49(57)47(55)48(56)50(63-52)51(58)59)62-46(54)41-39-37-35-33-31-29-27-24-22-20-18-16-14-12-10-8-6-4-2/h5,7,11,13,17,19-20,22-23,25,44,47-50,52,55-57H,3-4,6,8-10,12,14-16,18,21,24,26-43H2,1-2H3,(H,58,59)/b7-5-,13-11-,19-17-,22-20-,25-23-. The molecule has 11 nitrogen and oxygen atoms in total. The fraction of sp³-hybridized carbons (Fsp3) is 0.750. The van der Waals surface area contributed by atoms with E-state index in [-0.39, 0.29) is 19.4 Å². The molecule has 0 spiro atoms. The first-order valence-corrected chi connectivity index (χ1v) is 24.8. The van der Waals surface area contributed by atoms with Crippen molar-refractivity contribution < 1.29 is 53.8 Å². The van der Waals surface area contributed by atoms with E-state index in [2.05, 4.69) is 74.6 Å². The fourth-order valence-electron chi connectivity index (χ4n) is 7.22. The van der Waals surface area contributed by atoms with Crippen LogP contribution in [-0.4, -0.2) is 88.4 Å². The van der Waals surface area contributed by atoms with Crippen LogP contribution in [0.3, 0.4) is 0 Å². The first-order chi connectivity index (χ1) is 30.7. The zero-order valence-electron chi connectivity index (χ0n) is 39.3. The lowest BCUT2D eigenvalue weighted by Crippen LogP contribution is -2.60. The number of ether oxygens (including phenoxy) is 4. The van der Waals surface area contributed by atoms with Gasteiger partial charge in [0.1, 0.15) is 24.9 Å². The van der Waals surface area contributed by atoms with Crippen LogP contribution >= 0.6 is 0 Å². The molecule has 0 amide bonds. The Balaban J connectivity index is 2.34. The molecule has 1 aliphatic rings. The maximum atomic E-state index is 12.8. The number of allylic oxidation sites excluding steroid dienone is 10. The van der Waals surface area contributed by atoms with Crippen molar-refractivity contribution in [3.8, 4) is 0 Å². The lowest BCUT2D eigenvalue weighted by atomic mass is 9.99. The minimum atomic E-state index is -1.87. The van der Waals surface area contributed by atoms with E-state index < -0.39 is 61.3 Å². The van der Waals surface area contributed by atoms with Crippen LogP contribution in [0.25, 0.3) is 0 Å². The molecule has 0 radical (unpaired) electrons. The highest BCUT2D eigenvalue weighted by Crippen LogP contribution is 2.23. The number of carboxylic acid groups (broad SMARTS) is 1. The third kappa shape index (κ3) is 33.1. The molecule has 0 bridgehead atoms. The highest BCUT2D eigenvalue weighted by atomic mass is 16.7. The Hall–Kier alpha value is -3.09. The molecular formula is C52H88O11. The monoisotopic (exact) mass is 889 g/mol. The molecule has 11 heteroatoms. The molecule has 63 heavy (non-hydrogen) atoms. The number of unbranched alkanes of at least 4 members (excludes halogenated alkanes) is 20. The number of hydrogen-bond donors (Lipinski definition) is 4. The predicted octanol–water partition coefficient (Wildman–Crippen LogP) is 11.5. The van der Waals surface area contributed by atoms with Gasteiger partial charge in [-0.1, -0.05) is 171 Å². The van der Waals surface area contributed by atoms with Crippen molar-refractivity contribution in [2.24, 2.45) is 0 Å². The molecule has 4 N–H and O–H groups in total. The van der Waals surface area contributed by atoms with Crippen LogP contribution in [0.2, 0.25) is 0 Å². The Bertz CT molecular complexity index is 1270. The van der Waals surface area contributed by atoms with Gasteiger partial charge < -0.3 is 39.4 Å². The first kappa shape index (κ1) is 57.9. The molecule has 6 unspecified atom stereocenters. The summed E-state index contributed by atoms with van der Waals surface area (Å²) in [5.74, 6) is -2.47. The van der Waals surface area contributed by atoms with Crippen LogP contribution in [0.5, 0.6) is 0 Å². The summed E-state index contributed by atoms with van der Waals surface area (Å²) in [4.78, 5) is 37.0. The van der Waals surface area contributed by atoms with Crippen molar-refractivity contribution in [1.82, 2.24) is 0 Å². The third-order valence-corrected chi connectivity index (χ3v) is 11.1. The highest BCUT2D eigenvalue weighted by molar-refractivity contribution is 5.73. The maximum Gasteiger partial charge on any atom is 0.335 e. The van der Waals surface area contributed by atoms with Gasteiger partial charge in [-0.05, 0) is 77.0 Å². The van der Waals surface area contributed by atoms with E-state index >= 15 is 0 Å². The summed E-state index contributed by atoms with van der Waals surface area (Å²) in [7, 11) is 0. The van der Waals surface area contributed by atoms with Gasteiger partial charge in [0.15, 0.2) is 18.5 Å². The second-order valence-corrected chi connectivity index (χ2v) is 16.9. The average Bonchev–Trinajstić information content (AvgIpc) is 3.27. The first-order valence-electron chi connectivity index (χ1n) is 24.8. The van der Waals surface area contributed by atoms with E-state index in [1.54, 1.807) is 0 Å². The number of carbonyl (C=O) groups is 3. The van der Waals surface area contributed by atoms with Gasteiger partial charge in [0.05, 0.1) is 6.61 Å². The van der Waals surface area contributed by atoms with Crippen LogP contribution in [-0.2, 0) is 33.3 Å². The van der Waals surface area contributed by atoms with E-state index in [1.807, 2.05) is 0 Å². The summed E-state index contributed by atoms with van der Waals surface area (Å²) in [6.07, 6.45) is 42.6. The van der Waals surface area contributed by atoms with Crippen LogP contribution in [0.4, 0.5) is 0 Å². The predicted molar refractivity (Wildman–Crippen MR) is 252 cm³/mol. The van der Waals surface area contributed by atoms with E-state index in [0.29, 0.717) is 12.8 Å². The molecule has 6 atom stereocenters. The van der Waals surface area contributed by atoms with Crippen molar-refractivity contribution in [3.05, 3.63) is 60.8 Å². The molecule has 0 aromatic rings. The van der Waals surface area contributed by atoms with Crippen LogP contribution in [0, 0.1) is 0 Å². The molecule has 0 aliphatic carbocycles. The van der Waals surface area contributed by atoms with Crippen LogP contribution in [0.1, 0.15) is 200 Å². The number of esters is 2. The zero-order chi connectivity index (χ0) is 46.0. The SMILES string of the molecule is CC/C=C\C/C=C\C/C=C\C/C=C\CCCCCCCCC(=O)OCC(COC1OC(C(=O)O)C(O)C(O)C1O)OC(=O)CCCCCCCCC/C=C\CCCCCCCCC. The summed E-state index contributed by atoms with van der Waals surface area (Å²) in [5.41, 5.74) is 0. The van der Waals surface area contributed by atoms with Crippen molar-refractivity contribution in [2.45, 2.75) is 237 Å². The molecular weight excluding hydrogens is 801 g/mol. The average molecular weight is 889 g/mol. The second kappa shape index (κ2) is 41.6. The van der Waals surface area contributed by atoms with E-state index in [0.717, 1.165) is 96.3 Å². The minimum Gasteiger partial charge on any atom is -0.479 e. The van der Waals surface area contributed by atoms with Gasteiger partial charge in [-0.25, -0.2) is 4.79 Å². The maximum absolute atomic E-state index is 12.8. The quantitative estimate of drug-likeness (QED) is 0.0262. The summed E-state index contributed by atoms with van der Waals surface area (Å²) in [6, 6.07) is 0. The molecule has 1 fully saturated rings. The van der Waals surface area contributed by atoms with E-state index in [9.17, 15) is 34.8 Å². The number of hydrogen-bond acceptors (Lipinski definition) is 10. The Morgan fingerprint density at radius 2 is 0.937 bits per heavy atom. The molecule has 1 heterocycles. The van der Waals surface area contributed by atoms with E-state index in [4.69, 9.17) is 18.9 Å². The van der Waals surface area contributed by atoms with Gasteiger partial charge >= 0.3 is 17.9 Å². The Morgan fingerprint density at radius 1 is 0.508 bits per heavy atom. The largest absolute Gasteiger partial charge is 0.479 e. The third-order valence-electron chi connectivity index (χ3n) is 11.1. The number of carboxylic acids is 1. The number of carbonyl (C=O) groups excluding carboxylic acids is 2. The summed E-state index contributed by atoms with van der Waals surface area (Å²) >= 11 is 0. The van der Waals surface area contributed by atoms with Gasteiger partial charge in [-0.2, -0.15) is 0 Å². The summed E-state index contributed by atoms with van der Waals surface area (Å²) in [5, 5.41) is 39.9. The summed E-state index contributed by atoms with van der Waals surface area (Å²) in [6.45, 7) is 3.69. The van der Waals surface area contributed by atoms with Gasteiger partial charge in [-0.15, -0.1) is 0 Å². The molecule has 0 aromatic carbocycles. The van der Waals surface area contributed by atoms with Crippen molar-refractivity contribution >= 4 is 17.9 Å².